The molecular weight excluding hydrogens is 998 g/mol. The third kappa shape index (κ3) is 12.3. The Kier molecular flexibility index (Phi) is 17.7. The predicted octanol–water partition coefficient (Wildman–Crippen LogP) is 9.96. The number of thiazole rings is 1. The van der Waals surface area contributed by atoms with Gasteiger partial charge < -0.3 is 40.4 Å². The number of hydrogen-bond donors (Lipinski definition) is 4. The van der Waals surface area contributed by atoms with Crippen molar-refractivity contribution < 1.29 is 46.2 Å². The Labute approximate surface area is 429 Å². The molecule has 3 amide bonds. The summed E-state index contributed by atoms with van der Waals surface area (Å²) in [5.41, 5.74) is -1.32. The van der Waals surface area contributed by atoms with Crippen molar-refractivity contribution in [2.45, 2.75) is 76.3 Å². The number of benzene rings is 4. The van der Waals surface area contributed by atoms with E-state index < -0.39 is 82.2 Å². The van der Waals surface area contributed by atoms with Crippen molar-refractivity contribution in [3.63, 3.8) is 0 Å². The lowest BCUT2D eigenvalue weighted by molar-refractivity contribution is -0.123. The summed E-state index contributed by atoms with van der Waals surface area (Å²) >= 11 is 13.8. The normalized spacial score (nSPS) is 18.8. The van der Waals surface area contributed by atoms with Gasteiger partial charge >= 0.3 is 0 Å². The fourth-order valence-electron chi connectivity index (χ4n) is 9.19. The molecule has 3 heterocycles. The summed E-state index contributed by atoms with van der Waals surface area (Å²) in [5, 5.41) is 25.2. The highest BCUT2D eigenvalue weighted by Crippen LogP contribution is 2.53. The number of amides is 3. The highest BCUT2D eigenvalue weighted by Gasteiger charge is 2.61. The maximum absolute atomic E-state index is 16.1. The average molecular weight is 1050 g/mol. The quantitative estimate of drug-likeness (QED) is 0.0462. The number of rotatable bonds is 19. The van der Waals surface area contributed by atoms with Gasteiger partial charge in [-0.3, -0.25) is 14.4 Å². The highest BCUT2D eigenvalue weighted by atomic mass is 35.5. The van der Waals surface area contributed by atoms with E-state index in [1.165, 1.54) is 73.0 Å². The molecule has 4 atom stereocenters. The van der Waals surface area contributed by atoms with Gasteiger partial charge in [0.1, 0.15) is 22.8 Å². The molecule has 2 fully saturated rings. The molecule has 4 N–H and O–H groups in total. The first-order valence-electron chi connectivity index (χ1n) is 23.5. The lowest BCUT2D eigenvalue weighted by Gasteiger charge is -2.37. The van der Waals surface area contributed by atoms with E-state index in [2.05, 4.69) is 32.3 Å². The second-order valence-corrected chi connectivity index (χ2v) is 20.4. The summed E-state index contributed by atoms with van der Waals surface area (Å²) in [6.07, 6.45) is 2.97. The first-order chi connectivity index (χ1) is 34.4. The van der Waals surface area contributed by atoms with Gasteiger partial charge in [0, 0.05) is 65.2 Å². The van der Waals surface area contributed by atoms with Gasteiger partial charge in [0.05, 0.1) is 48.8 Å². The van der Waals surface area contributed by atoms with Crippen LogP contribution < -0.4 is 35.6 Å². The second kappa shape index (κ2) is 23.7. The van der Waals surface area contributed by atoms with Crippen LogP contribution in [0.5, 0.6) is 11.5 Å². The molecule has 72 heavy (non-hydrogen) atoms. The number of ether oxygens (including phenoxy) is 3. The molecule has 7 rings (SSSR count). The Balaban J connectivity index is 0.916. The molecule has 2 saturated heterocycles. The second-order valence-electron chi connectivity index (χ2n) is 18.8. The van der Waals surface area contributed by atoms with Crippen molar-refractivity contribution in [1.29, 1.82) is 5.26 Å². The number of nitriles is 1. The monoisotopic (exact) mass is 1050 g/mol. The van der Waals surface area contributed by atoms with Gasteiger partial charge in [0.15, 0.2) is 23.3 Å². The van der Waals surface area contributed by atoms with E-state index in [1.807, 2.05) is 25.7 Å². The van der Waals surface area contributed by atoms with Crippen LogP contribution in [0.3, 0.4) is 0 Å². The zero-order valence-electron chi connectivity index (χ0n) is 40.1. The molecule has 382 valence electrons. The van der Waals surface area contributed by atoms with E-state index in [0.717, 1.165) is 30.1 Å². The number of morpholine rings is 1. The van der Waals surface area contributed by atoms with Crippen LogP contribution in [0.15, 0.2) is 72.1 Å². The van der Waals surface area contributed by atoms with Crippen LogP contribution in [0.25, 0.3) is 11.3 Å². The Hall–Kier alpha value is -5.97. The van der Waals surface area contributed by atoms with E-state index in [0.29, 0.717) is 57.9 Å². The largest absolute Gasteiger partial charge is 0.495 e. The number of nitrogens with zero attached hydrogens (tertiary/aromatic N) is 3. The summed E-state index contributed by atoms with van der Waals surface area (Å²) < 4.78 is 77.9. The predicted molar refractivity (Wildman–Crippen MR) is 269 cm³/mol. The van der Waals surface area contributed by atoms with Crippen LogP contribution in [0, 0.1) is 40.0 Å². The molecule has 2 aliphatic heterocycles. The number of carbonyl (C=O) groups is 3. The molecule has 1 aromatic heterocycles. The number of anilines is 2. The van der Waals surface area contributed by atoms with E-state index in [1.54, 1.807) is 5.38 Å². The van der Waals surface area contributed by atoms with Crippen LogP contribution >= 0.6 is 34.5 Å². The van der Waals surface area contributed by atoms with Crippen LogP contribution in [0.4, 0.5) is 28.4 Å². The van der Waals surface area contributed by atoms with Gasteiger partial charge in [-0.15, -0.1) is 11.3 Å². The van der Waals surface area contributed by atoms with Crippen LogP contribution in [-0.2, 0) is 19.7 Å². The Morgan fingerprint density at radius 2 is 1.68 bits per heavy atom. The molecule has 0 spiro atoms. The van der Waals surface area contributed by atoms with Gasteiger partial charge in [-0.05, 0) is 78.8 Å². The van der Waals surface area contributed by atoms with Crippen LogP contribution in [-0.4, -0.2) is 87.9 Å². The number of hydrogen-bond acceptors (Lipinski definition) is 11. The lowest BCUT2D eigenvalue weighted by Crippen LogP contribution is -2.45. The zero-order chi connectivity index (χ0) is 51.7. The van der Waals surface area contributed by atoms with Gasteiger partial charge in [0.2, 0.25) is 11.7 Å². The number of nitrogens with one attached hydrogen (secondary N) is 4. The summed E-state index contributed by atoms with van der Waals surface area (Å²) in [6.45, 7) is 8.40. The summed E-state index contributed by atoms with van der Waals surface area (Å²) in [5.74, 6) is -7.07. The molecule has 2 aliphatic rings. The van der Waals surface area contributed by atoms with Crippen molar-refractivity contribution in [3.05, 3.63) is 122 Å². The Morgan fingerprint density at radius 1 is 0.944 bits per heavy atom. The summed E-state index contributed by atoms with van der Waals surface area (Å²) in [4.78, 5) is 47.0. The molecule has 0 saturated carbocycles. The number of halogens is 6. The van der Waals surface area contributed by atoms with Gasteiger partial charge in [-0.25, -0.2) is 18.2 Å². The molecule has 0 radical (unpaired) electrons. The Bertz CT molecular complexity index is 2820. The van der Waals surface area contributed by atoms with Gasteiger partial charge in [-0.2, -0.15) is 9.65 Å². The zero-order valence-corrected chi connectivity index (χ0v) is 42.4. The van der Waals surface area contributed by atoms with Crippen molar-refractivity contribution in [3.8, 4) is 28.8 Å². The minimum atomic E-state index is -1.83. The summed E-state index contributed by atoms with van der Waals surface area (Å²) in [7, 11) is 1.37. The van der Waals surface area contributed by atoms with Crippen LogP contribution in [0.2, 0.25) is 10.0 Å². The number of carbonyl (C=O) groups excluding carboxylic acids is 3. The maximum atomic E-state index is 16.1. The SMILES string of the molecule is COc1cc(C(=O)NCCCCCCNC(=O)COc2c(-c3csc(N4CCOCC4)n3)ccc(F)c2F)ccc1NC(=O)[C@@H]1N[C@@H](CC(C)(C)C)[C@](C#N)(c2ccc(Cl)cc2F)[C@H]1c1cccc(Cl)c1F. The summed E-state index contributed by atoms with van der Waals surface area (Å²) in [6, 6.07) is 15.2. The average Bonchev–Trinajstić information content (AvgIpc) is 3.97. The van der Waals surface area contributed by atoms with Crippen molar-refractivity contribution >= 4 is 63.1 Å². The van der Waals surface area contributed by atoms with E-state index in [9.17, 15) is 28.4 Å². The van der Waals surface area contributed by atoms with Crippen molar-refractivity contribution in [2.24, 2.45) is 5.41 Å². The van der Waals surface area contributed by atoms with E-state index >= 15 is 8.78 Å². The lowest BCUT2D eigenvalue weighted by atomic mass is 9.62. The molecule has 13 nitrogen and oxygen atoms in total. The molecule has 0 aliphatic carbocycles. The molecule has 0 unspecified atom stereocenters. The van der Waals surface area contributed by atoms with Crippen molar-refractivity contribution in [1.82, 2.24) is 20.9 Å². The fraction of sp³-hybridized carbons (Fsp3) is 0.404. The number of unbranched alkanes of at least 4 members (excludes halogenated alkanes) is 3. The smallest absolute Gasteiger partial charge is 0.257 e. The highest BCUT2D eigenvalue weighted by molar-refractivity contribution is 7.14. The minimum absolute atomic E-state index is 0.0564. The molecule has 20 heteroatoms. The van der Waals surface area contributed by atoms with Gasteiger partial charge in [0.25, 0.3) is 11.8 Å². The first kappa shape index (κ1) is 53.8. The van der Waals surface area contributed by atoms with E-state index in [-0.39, 0.29) is 50.2 Å². The van der Waals surface area contributed by atoms with Crippen LogP contribution in [0.1, 0.15) is 80.3 Å². The standard InChI is InChI=1S/C52H55Cl2F4N7O6S/c1-51(2,3)26-41-52(29-59,34-15-13-31(53)25-37(34)56)43(33-10-9-11-35(54)44(33)57)46(64-41)49(68)62-38-17-12-30(24-40(38)69-4)48(67)61-19-8-6-5-7-18-60-42(66)27-71-47-32(14-16-36(55)45(47)58)39-28-72-50(63-39)65-20-22-70-23-21-65/h9-17,24-25,28,41,43,46,64H,5-8,18-23,26-27H2,1-4H3,(H,60,66)(H,61,67)(H,62,68)/t41-,43-,46+,52-/m0/s1. The minimum Gasteiger partial charge on any atom is -0.495 e. The Morgan fingerprint density at radius 3 is 2.38 bits per heavy atom. The topological polar surface area (TPSA) is 167 Å². The van der Waals surface area contributed by atoms with Crippen molar-refractivity contribution in [2.75, 3.05) is 63.3 Å². The fourth-order valence-corrected chi connectivity index (χ4v) is 10.4. The molecule has 0 bridgehead atoms. The third-order valence-corrected chi connectivity index (χ3v) is 14.0. The number of aromatic nitrogens is 1. The van der Waals surface area contributed by atoms with E-state index in [4.69, 9.17) is 37.4 Å². The third-order valence-electron chi connectivity index (χ3n) is 12.6. The van der Waals surface area contributed by atoms with Gasteiger partial charge in [-0.1, -0.05) is 75.0 Å². The maximum Gasteiger partial charge on any atom is 0.257 e. The molecular formula is C52H55Cl2F4N7O6S. The molecule has 4 aromatic carbocycles. The molecule has 5 aromatic rings. The number of methoxy groups -OCH3 is 1. The first-order valence-corrected chi connectivity index (χ1v) is 25.1.